The fraction of sp³-hybridized carbons (Fsp3) is 0.214. The van der Waals surface area contributed by atoms with Gasteiger partial charge in [-0.1, -0.05) is 6.07 Å². The molecule has 8 heteroatoms. The summed E-state index contributed by atoms with van der Waals surface area (Å²) in [5.74, 6) is -1.01. The Bertz CT molecular complexity index is 674. The smallest absolute Gasteiger partial charge is 0.311 e. The van der Waals surface area contributed by atoms with Crippen molar-refractivity contribution in [3.8, 4) is 5.75 Å². The maximum Gasteiger partial charge on any atom is 0.311 e. The third-order valence-corrected chi connectivity index (χ3v) is 3.32. The zero-order chi connectivity index (χ0) is 15.9. The number of esters is 1. The second-order valence-corrected chi connectivity index (χ2v) is 5.05. The summed E-state index contributed by atoms with van der Waals surface area (Å²) < 4.78 is 22.6. The summed E-state index contributed by atoms with van der Waals surface area (Å²) in [5, 5.41) is 4.54. The molecule has 1 N–H and O–H groups in total. The molecule has 2 rings (SSSR count). The number of aromatic nitrogens is 1. The van der Waals surface area contributed by atoms with Crippen LogP contribution in [0.1, 0.15) is 5.69 Å². The van der Waals surface area contributed by atoms with Gasteiger partial charge >= 0.3 is 5.97 Å². The second-order valence-electron chi connectivity index (χ2n) is 4.19. The lowest BCUT2D eigenvalue weighted by atomic mass is 10.3. The number of halogens is 1. The summed E-state index contributed by atoms with van der Waals surface area (Å²) >= 11 is 1.19. The van der Waals surface area contributed by atoms with Crippen LogP contribution in [-0.2, 0) is 20.7 Å². The maximum atomic E-state index is 12.9. The van der Waals surface area contributed by atoms with Crippen LogP contribution in [0, 0.1) is 5.82 Å². The van der Waals surface area contributed by atoms with Crippen molar-refractivity contribution < 1.29 is 23.5 Å². The van der Waals surface area contributed by atoms with E-state index in [-0.39, 0.29) is 18.8 Å². The monoisotopic (exact) mass is 324 g/mol. The van der Waals surface area contributed by atoms with Gasteiger partial charge in [0, 0.05) is 11.4 Å². The Morgan fingerprint density at radius 2 is 2.23 bits per heavy atom. The van der Waals surface area contributed by atoms with Crippen LogP contribution in [0.15, 0.2) is 29.6 Å². The van der Waals surface area contributed by atoms with Gasteiger partial charge in [0.25, 0.3) is 5.91 Å². The molecule has 1 amide bonds. The molecule has 0 aliphatic heterocycles. The Labute approximate surface area is 129 Å². The molecule has 1 aromatic heterocycles. The van der Waals surface area contributed by atoms with Crippen LogP contribution >= 0.6 is 11.3 Å². The Kier molecular flexibility index (Phi) is 5.42. The van der Waals surface area contributed by atoms with Crippen molar-refractivity contribution in [2.24, 2.45) is 0 Å². The highest BCUT2D eigenvalue weighted by molar-refractivity contribution is 7.13. The molecule has 0 unspecified atom stereocenters. The molecular formula is C14H13FN2O4S. The zero-order valence-electron chi connectivity index (χ0n) is 11.7. The summed E-state index contributed by atoms with van der Waals surface area (Å²) in [6.45, 7) is -0.268. The topological polar surface area (TPSA) is 77.5 Å². The van der Waals surface area contributed by atoms with E-state index in [4.69, 9.17) is 4.74 Å². The van der Waals surface area contributed by atoms with Crippen LogP contribution < -0.4 is 10.1 Å². The molecule has 1 heterocycles. The van der Waals surface area contributed by atoms with E-state index in [2.05, 4.69) is 15.0 Å². The summed E-state index contributed by atoms with van der Waals surface area (Å²) in [5.41, 5.74) is 0.512. The van der Waals surface area contributed by atoms with E-state index in [1.807, 2.05) is 0 Å². The average Bonchev–Trinajstić information content (AvgIpc) is 2.92. The number of nitrogens with one attached hydrogen (secondary N) is 1. The number of hydrogen-bond acceptors (Lipinski definition) is 6. The molecule has 0 spiro atoms. The van der Waals surface area contributed by atoms with Gasteiger partial charge in [-0.15, -0.1) is 11.3 Å². The van der Waals surface area contributed by atoms with Crippen molar-refractivity contribution in [3.63, 3.8) is 0 Å². The van der Waals surface area contributed by atoms with Crippen LogP contribution in [0.5, 0.6) is 5.75 Å². The molecule has 0 saturated heterocycles. The molecule has 6 nitrogen and oxygen atoms in total. The van der Waals surface area contributed by atoms with Gasteiger partial charge in [0.1, 0.15) is 11.6 Å². The highest BCUT2D eigenvalue weighted by Crippen LogP contribution is 2.16. The van der Waals surface area contributed by atoms with Crippen LogP contribution in [0.25, 0.3) is 0 Å². The number of nitrogens with zero attached hydrogens (tertiary/aromatic N) is 1. The predicted octanol–water partition coefficient (Wildman–Crippen LogP) is 2.02. The van der Waals surface area contributed by atoms with Gasteiger partial charge in [-0.05, 0) is 12.1 Å². The number of carbonyl (C=O) groups is 2. The largest absolute Gasteiger partial charge is 0.484 e. The molecule has 0 aliphatic carbocycles. The van der Waals surface area contributed by atoms with Crippen molar-refractivity contribution >= 4 is 28.3 Å². The van der Waals surface area contributed by atoms with Crippen molar-refractivity contribution in [2.75, 3.05) is 19.0 Å². The molecule has 0 radical (unpaired) electrons. The summed E-state index contributed by atoms with van der Waals surface area (Å²) in [6.07, 6.45) is 0.0443. The normalized spacial score (nSPS) is 10.1. The lowest BCUT2D eigenvalue weighted by molar-refractivity contribution is -0.139. The first-order chi connectivity index (χ1) is 10.6. The molecular weight excluding hydrogens is 311 g/mol. The van der Waals surface area contributed by atoms with E-state index in [0.29, 0.717) is 10.8 Å². The number of amides is 1. The summed E-state index contributed by atoms with van der Waals surface area (Å²) in [4.78, 5) is 26.9. The number of anilines is 1. The molecule has 0 bridgehead atoms. The number of hydrogen-bond donors (Lipinski definition) is 1. The number of ether oxygens (including phenoxy) is 2. The van der Waals surface area contributed by atoms with Gasteiger partial charge in [0.2, 0.25) is 0 Å². The van der Waals surface area contributed by atoms with E-state index in [9.17, 15) is 14.0 Å². The first-order valence-electron chi connectivity index (χ1n) is 6.26. The van der Waals surface area contributed by atoms with Crippen molar-refractivity contribution in [1.29, 1.82) is 0 Å². The number of methoxy groups -OCH3 is 1. The van der Waals surface area contributed by atoms with Gasteiger partial charge in [-0.3, -0.25) is 14.9 Å². The van der Waals surface area contributed by atoms with Crippen LogP contribution in [0.3, 0.4) is 0 Å². The fourth-order valence-electron chi connectivity index (χ4n) is 1.53. The lowest BCUT2D eigenvalue weighted by Gasteiger charge is -2.05. The first kappa shape index (κ1) is 15.9. The third-order valence-electron chi connectivity index (χ3n) is 2.52. The van der Waals surface area contributed by atoms with E-state index in [0.717, 1.165) is 0 Å². The van der Waals surface area contributed by atoms with Crippen LogP contribution in [0.2, 0.25) is 0 Å². The van der Waals surface area contributed by atoms with Gasteiger partial charge in [0.05, 0.1) is 19.2 Å². The van der Waals surface area contributed by atoms with E-state index in [1.54, 1.807) is 11.4 Å². The molecule has 22 heavy (non-hydrogen) atoms. The minimum absolute atomic E-state index is 0.0443. The lowest BCUT2D eigenvalue weighted by Crippen LogP contribution is -2.20. The minimum atomic E-state index is -0.440. The van der Waals surface area contributed by atoms with Crippen molar-refractivity contribution in [2.45, 2.75) is 6.42 Å². The number of carbonyl (C=O) groups excluding carboxylic acids is 2. The highest BCUT2D eigenvalue weighted by atomic mass is 32.1. The van der Waals surface area contributed by atoms with Gasteiger partial charge < -0.3 is 9.47 Å². The minimum Gasteiger partial charge on any atom is -0.484 e. The maximum absolute atomic E-state index is 12.9. The molecule has 0 saturated carbocycles. The standard InChI is InChI=1S/C14H13FN2O4S/c1-20-13(19)6-10-8-22-14(16-10)17-12(18)7-21-11-4-2-3-9(15)5-11/h2-5,8H,6-7H2,1H3,(H,16,17,18). The Balaban J connectivity index is 1.83. The number of rotatable bonds is 6. The van der Waals surface area contributed by atoms with Crippen molar-refractivity contribution in [3.05, 3.63) is 41.2 Å². The Morgan fingerprint density at radius 1 is 1.41 bits per heavy atom. The predicted molar refractivity (Wildman–Crippen MR) is 78.4 cm³/mol. The van der Waals surface area contributed by atoms with Gasteiger partial charge in [-0.25, -0.2) is 9.37 Å². The van der Waals surface area contributed by atoms with Gasteiger partial charge in [0.15, 0.2) is 11.7 Å². The third kappa shape index (κ3) is 4.81. The average molecular weight is 324 g/mol. The van der Waals surface area contributed by atoms with E-state index >= 15 is 0 Å². The molecule has 2 aromatic rings. The van der Waals surface area contributed by atoms with E-state index < -0.39 is 17.7 Å². The molecule has 0 fully saturated rings. The Hall–Kier alpha value is -2.48. The second kappa shape index (κ2) is 7.51. The van der Waals surface area contributed by atoms with Gasteiger partial charge in [-0.2, -0.15) is 0 Å². The summed E-state index contributed by atoms with van der Waals surface area (Å²) in [6, 6.07) is 5.51. The highest BCUT2D eigenvalue weighted by Gasteiger charge is 2.10. The first-order valence-corrected chi connectivity index (χ1v) is 7.14. The van der Waals surface area contributed by atoms with Crippen LogP contribution in [0.4, 0.5) is 9.52 Å². The SMILES string of the molecule is COC(=O)Cc1csc(NC(=O)COc2cccc(F)c2)n1. The van der Waals surface area contributed by atoms with Crippen LogP contribution in [-0.4, -0.2) is 30.6 Å². The number of thiazole rings is 1. The quantitative estimate of drug-likeness (QED) is 0.823. The molecule has 0 aliphatic rings. The Morgan fingerprint density at radius 3 is 2.95 bits per heavy atom. The fourth-order valence-corrected chi connectivity index (χ4v) is 2.25. The summed E-state index contributed by atoms with van der Waals surface area (Å²) in [7, 11) is 1.29. The molecule has 0 atom stereocenters. The zero-order valence-corrected chi connectivity index (χ0v) is 12.5. The van der Waals surface area contributed by atoms with Crippen molar-refractivity contribution in [1.82, 2.24) is 4.98 Å². The molecule has 116 valence electrons. The molecule has 1 aromatic carbocycles. The number of benzene rings is 1. The van der Waals surface area contributed by atoms with E-state index in [1.165, 1.54) is 36.6 Å².